The summed E-state index contributed by atoms with van der Waals surface area (Å²) in [6.45, 7) is 7.78. The minimum atomic E-state index is -0.593. The molecule has 0 bridgehead atoms. The molecule has 0 unspecified atom stereocenters. The van der Waals surface area contributed by atoms with Crippen LogP contribution in [0.2, 0.25) is 0 Å². The van der Waals surface area contributed by atoms with Gasteiger partial charge in [0.1, 0.15) is 5.82 Å². The smallest absolute Gasteiger partial charge is 0.262 e. The number of aromatic nitrogens is 1. The van der Waals surface area contributed by atoms with E-state index in [9.17, 15) is 14.4 Å². The number of nitrogens with zero attached hydrogens (tertiary/aromatic N) is 2. The second-order valence-corrected chi connectivity index (χ2v) is 5.92. The van der Waals surface area contributed by atoms with Gasteiger partial charge in [0, 0.05) is 24.8 Å². The zero-order valence-electron chi connectivity index (χ0n) is 14.4. The highest BCUT2D eigenvalue weighted by molar-refractivity contribution is 6.23. The fourth-order valence-electron chi connectivity index (χ4n) is 3.20. The summed E-state index contributed by atoms with van der Waals surface area (Å²) in [6.07, 6.45) is 0. The van der Waals surface area contributed by atoms with Crippen molar-refractivity contribution in [2.75, 3.05) is 23.7 Å². The topological polar surface area (TPSA) is 97.4 Å². The third-order valence-corrected chi connectivity index (χ3v) is 4.50. The summed E-state index contributed by atoms with van der Waals surface area (Å²) >= 11 is 0. The number of imide groups is 1. The van der Waals surface area contributed by atoms with Crippen LogP contribution in [0.5, 0.6) is 0 Å². The first kappa shape index (κ1) is 16.8. The van der Waals surface area contributed by atoms with Crippen molar-refractivity contribution in [1.82, 2.24) is 9.88 Å². The molecule has 0 fully saturated rings. The van der Waals surface area contributed by atoms with E-state index in [4.69, 9.17) is 5.73 Å². The first-order valence-corrected chi connectivity index (χ1v) is 8.16. The maximum absolute atomic E-state index is 12.5. The van der Waals surface area contributed by atoms with Gasteiger partial charge in [0.15, 0.2) is 0 Å². The molecule has 2 heterocycles. The van der Waals surface area contributed by atoms with Crippen LogP contribution in [0.3, 0.4) is 0 Å². The maximum Gasteiger partial charge on any atom is 0.262 e. The number of anilines is 2. The number of fused-ring (bicyclic) bond motifs is 1. The number of hydrogen-bond acceptors (Lipinski definition) is 5. The Kier molecular flexibility index (Phi) is 4.08. The van der Waals surface area contributed by atoms with Gasteiger partial charge in [-0.25, -0.2) is 0 Å². The summed E-state index contributed by atoms with van der Waals surface area (Å²) in [5.74, 6) is -1.20. The van der Waals surface area contributed by atoms with Crippen LogP contribution in [-0.2, 0) is 0 Å². The number of hydrogen-bond donors (Lipinski definition) is 2. The third kappa shape index (κ3) is 2.57. The summed E-state index contributed by atoms with van der Waals surface area (Å²) in [7, 11) is 0. The van der Waals surface area contributed by atoms with E-state index in [1.807, 2.05) is 25.1 Å². The van der Waals surface area contributed by atoms with Crippen molar-refractivity contribution in [3.63, 3.8) is 0 Å². The zero-order chi connectivity index (χ0) is 18.3. The van der Waals surface area contributed by atoms with E-state index < -0.39 is 17.4 Å². The molecule has 1 aromatic carbocycles. The molecule has 1 aliphatic rings. The van der Waals surface area contributed by atoms with Crippen LogP contribution in [0.15, 0.2) is 29.1 Å². The van der Waals surface area contributed by atoms with Crippen molar-refractivity contribution in [3.05, 3.63) is 51.3 Å². The molecular weight excluding hydrogens is 320 g/mol. The van der Waals surface area contributed by atoms with Crippen LogP contribution in [0.4, 0.5) is 11.5 Å². The molecule has 0 saturated heterocycles. The normalized spacial score (nSPS) is 12.9. The van der Waals surface area contributed by atoms with E-state index in [1.165, 1.54) is 4.57 Å². The molecule has 0 atom stereocenters. The summed E-state index contributed by atoms with van der Waals surface area (Å²) in [5, 5.41) is 2.17. The Bertz CT molecular complexity index is 942. The SMILES string of the molecule is CCN(CC)c1ccc(-n2c(N)c3c(cc2=O)C(=O)NC3=O)c(C)c1. The Labute approximate surface area is 145 Å². The highest BCUT2D eigenvalue weighted by Crippen LogP contribution is 2.26. The summed E-state index contributed by atoms with van der Waals surface area (Å²) in [6, 6.07) is 6.86. The number of benzene rings is 1. The molecule has 0 radical (unpaired) electrons. The molecule has 0 saturated carbocycles. The fourth-order valence-corrected chi connectivity index (χ4v) is 3.20. The predicted octanol–water partition coefficient (Wildman–Crippen LogP) is 1.46. The molecule has 0 aliphatic carbocycles. The number of aryl methyl sites for hydroxylation is 1. The Morgan fingerprint density at radius 3 is 2.36 bits per heavy atom. The fraction of sp³-hybridized carbons (Fsp3) is 0.278. The van der Waals surface area contributed by atoms with Crippen molar-refractivity contribution in [1.29, 1.82) is 0 Å². The molecule has 1 aromatic heterocycles. The van der Waals surface area contributed by atoms with Gasteiger partial charge >= 0.3 is 0 Å². The van der Waals surface area contributed by atoms with Gasteiger partial charge < -0.3 is 10.6 Å². The van der Waals surface area contributed by atoms with Crippen molar-refractivity contribution < 1.29 is 9.59 Å². The lowest BCUT2D eigenvalue weighted by Gasteiger charge is -2.23. The number of nitrogens with two attached hydrogens (primary N) is 1. The second-order valence-electron chi connectivity index (χ2n) is 5.92. The van der Waals surface area contributed by atoms with E-state index in [0.717, 1.165) is 30.4 Å². The molecule has 7 heteroatoms. The molecule has 7 nitrogen and oxygen atoms in total. The molecule has 3 N–H and O–H groups in total. The predicted molar refractivity (Wildman–Crippen MR) is 96.5 cm³/mol. The number of nitrogen functional groups attached to an aromatic ring is 1. The molecule has 2 aromatic rings. The number of pyridine rings is 1. The molecule has 25 heavy (non-hydrogen) atoms. The summed E-state index contributed by atoms with van der Waals surface area (Å²) in [4.78, 5) is 38.4. The molecule has 0 spiro atoms. The van der Waals surface area contributed by atoms with Gasteiger partial charge in [-0.05, 0) is 44.5 Å². The van der Waals surface area contributed by atoms with E-state index >= 15 is 0 Å². The van der Waals surface area contributed by atoms with Gasteiger partial charge in [-0.2, -0.15) is 0 Å². The largest absolute Gasteiger partial charge is 0.384 e. The average Bonchev–Trinajstić information content (AvgIpc) is 2.84. The monoisotopic (exact) mass is 340 g/mol. The average molecular weight is 340 g/mol. The Morgan fingerprint density at radius 2 is 1.76 bits per heavy atom. The quantitative estimate of drug-likeness (QED) is 0.821. The molecular formula is C18H20N4O3. The number of amides is 2. The Morgan fingerprint density at radius 1 is 1.08 bits per heavy atom. The molecule has 130 valence electrons. The Balaban J connectivity index is 2.19. The van der Waals surface area contributed by atoms with Gasteiger partial charge in [0.25, 0.3) is 17.4 Å². The molecule has 2 amide bonds. The van der Waals surface area contributed by atoms with Gasteiger partial charge in [-0.15, -0.1) is 0 Å². The maximum atomic E-state index is 12.5. The second kappa shape index (κ2) is 6.08. The van der Waals surface area contributed by atoms with Crippen LogP contribution < -0.4 is 21.5 Å². The van der Waals surface area contributed by atoms with Crippen LogP contribution in [0.25, 0.3) is 5.69 Å². The van der Waals surface area contributed by atoms with Gasteiger partial charge in [-0.1, -0.05) is 0 Å². The third-order valence-electron chi connectivity index (χ3n) is 4.50. The molecule has 3 rings (SSSR count). The van der Waals surface area contributed by atoms with Gasteiger partial charge in [-0.3, -0.25) is 24.3 Å². The zero-order valence-corrected chi connectivity index (χ0v) is 14.4. The summed E-state index contributed by atoms with van der Waals surface area (Å²) in [5.41, 5.74) is 8.20. The number of rotatable bonds is 4. The van der Waals surface area contributed by atoms with Crippen molar-refractivity contribution >= 4 is 23.3 Å². The lowest BCUT2D eigenvalue weighted by Crippen LogP contribution is -2.25. The van der Waals surface area contributed by atoms with Crippen LogP contribution in [0, 0.1) is 6.92 Å². The van der Waals surface area contributed by atoms with Gasteiger partial charge in [0.2, 0.25) is 0 Å². The summed E-state index contributed by atoms with van der Waals surface area (Å²) < 4.78 is 1.28. The van der Waals surface area contributed by atoms with Crippen molar-refractivity contribution in [3.8, 4) is 5.69 Å². The minimum Gasteiger partial charge on any atom is -0.384 e. The number of carbonyl (C=O) groups is 2. The number of carbonyl (C=O) groups excluding carboxylic acids is 2. The first-order chi connectivity index (χ1) is 11.9. The highest BCUT2D eigenvalue weighted by atomic mass is 16.2. The highest BCUT2D eigenvalue weighted by Gasteiger charge is 2.32. The van der Waals surface area contributed by atoms with E-state index in [1.54, 1.807) is 0 Å². The lowest BCUT2D eigenvalue weighted by atomic mass is 10.1. The van der Waals surface area contributed by atoms with Crippen LogP contribution in [0.1, 0.15) is 40.1 Å². The van der Waals surface area contributed by atoms with E-state index in [0.29, 0.717) is 5.69 Å². The van der Waals surface area contributed by atoms with Crippen molar-refractivity contribution in [2.45, 2.75) is 20.8 Å². The lowest BCUT2D eigenvalue weighted by molar-refractivity contribution is 0.0880. The minimum absolute atomic E-state index is 0.0236. The molecule has 1 aliphatic heterocycles. The first-order valence-electron chi connectivity index (χ1n) is 8.16. The standard InChI is InChI=1S/C18H20N4O3/c1-4-21(5-2)11-6-7-13(10(3)8-11)22-14(23)9-12-15(16(22)19)18(25)20-17(12)24/h6-9H,4-5,19H2,1-3H3,(H,20,24,25). The van der Waals surface area contributed by atoms with Crippen molar-refractivity contribution in [2.24, 2.45) is 0 Å². The van der Waals surface area contributed by atoms with E-state index in [-0.39, 0.29) is 16.9 Å². The number of nitrogens with one attached hydrogen (secondary N) is 1. The van der Waals surface area contributed by atoms with Gasteiger partial charge in [0.05, 0.1) is 16.8 Å². The van der Waals surface area contributed by atoms with E-state index in [2.05, 4.69) is 24.1 Å². The van der Waals surface area contributed by atoms with Crippen LogP contribution >= 0.6 is 0 Å². The Hall–Kier alpha value is -3.09. The van der Waals surface area contributed by atoms with Crippen LogP contribution in [-0.4, -0.2) is 29.5 Å².